The van der Waals surface area contributed by atoms with Crippen molar-refractivity contribution in [3.05, 3.63) is 24.7 Å². The van der Waals surface area contributed by atoms with Gasteiger partial charge in [0.25, 0.3) is 0 Å². The van der Waals surface area contributed by atoms with Gasteiger partial charge in [0.2, 0.25) is 0 Å². The maximum atomic E-state index is 5.74. The summed E-state index contributed by atoms with van der Waals surface area (Å²) in [6.45, 7) is 0. The summed E-state index contributed by atoms with van der Waals surface area (Å²) < 4.78 is 7.47. The molecule has 0 aliphatic heterocycles. The first-order valence-electron chi connectivity index (χ1n) is 4.88. The van der Waals surface area contributed by atoms with Crippen LogP contribution in [0.15, 0.2) is 24.7 Å². The Morgan fingerprint density at radius 3 is 3.07 bits per heavy atom. The number of nitrogens with zero attached hydrogens (tertiary/aromatic N) is 3. The molecular formula is C10H11N3O. The Morgan fingerprint density at radius 2 is 2.29 bits per heavy atom. The maximum absolute atomic E-state index is 5.74. The lowest BCUT2D eigenvalue weighted by Gasteiger charge is -2.26. The van der Waals surface area contributed by atoms with E-state index in [4.69, 9.17) is 4.74 Å². The molecule has 3 rings (SSSR count). The molecule has 1 aliphatic carbocycles. The van der Waals surface area contributed by atoms with Crippen molar-refractivity contribution < 1.29 is 4.74 Å². The van der Waals surface area contributed by atoms with Crippen LogP contribution in [0.3, 0.4) is 0 Å². The van der Waals surface area contributed by atoms with Crippen LogP contribution >= 0.6 is 0 Å². The van der Waals surface area contributed by atoms with Crippen LogP contribution in [0.2, 0.25) is 0 Å². The van der Waals surface area contributed by atoms with Gasteiger partial charge in [-0.1, -0.05) is 0 Å². The minimum atomic E-state index is 0.413. The first-order chi connectivity index (χ1) is 6.92. The zero-order chi connectivity index (χ0) is 9.38. The summed E-state index contributed by atoms with van der Waals surface area (Å²) >= 11 is 0. The van der Waals surface area contributed by atoms with Crippen LogP contribution in [0.25, 0.3) is 5.65 Å². The van der Waals surface area contributed by atoms with E-state index in [0.29, 0.717) is 6.10 Å². The summed E-state index contributed by atoms with van der Waals surface area (Å²) in [6.07, 6.45) is 7.47. The first-order valence-corrected chi connectivity index (χ1v) is 4.88. The molecule has 0 bridgehead atoms. The summed E-state index contributed by atoms with van der Waals surface area (Å²) in [6, 6.07) is 3.86. The number of hydrogen-bond donors (Lipinski definition) is 0. The maximum Gasteiger partial charge on any atom is 0.155 e. The van der Waals surface area contributed by atoms with Gasteiger partial charge < -0.3 is 4.74 Å². The first kappa shape index (κ1) is 7.79. The van der Waals surface area contributed by atoms with Crippen LogP contribution in [0, 0.1) is 0 Å². The van der Waals surface area contributed by atoms with Crippen LogP contribution in [0.4, 0.5) is 0 Å². The number of hydrogen-bond acceptors (Lipinski definition) is 3. The predicted molar refractivity (Wildman–Crippen MR) is 51.3 cm³/mol. The molecule has 1 saturated carbocycles. The smallest absolute Gasteiger partial charge is 0.155 e. The van der Waals surface area contributed by atoms with Gasteiger partial charge in [-0.2, -0.15) is 5.10 Å². The minimum absolute atomic E-state index is 0.413. The van der Waals surface area contributed by atoms with Crippen molar-refractivity contribution in [2.75, 3.05) is 0 Å². The van der Waals surface area contributed by atoms with Crippen molar-refractivity contribution in [3.63, 3.8) is 0 Å². The Labute approximate surface area is 81.5 Å². The molecule has 0 radical (unpaired) electrons. The number of pyridine rings is 1. The summed E-state index contributed by atoms with van der Waals surface area (Å²) in [5.74, 6) is 0.882. The molecule has 2 aromatic heterocycles. The zero-order valence-corrected chi connectivity index (χ0v) is 7.76. The quantitative estimate of drug-likeness (QED) is 0.721. The molecule has 0 aromatic carbocycles. The van der Waals surface area contributed by atoms with Crippen molar-refractivity contribution >= 4 is 5.65 Å². The molecule has 0 unspecified atom stereocenters. The van der Waals surface area contributed by atoms with E-state index in [1.807, 2.05) is 18.3 Å². The summed E-state index contributed by atoms with van der Waals surface area (Å²) in [4.78, 5) is 4.07. The van der Waals surface area contributed by atoms with E-state index in [1.54, 1.807) is 10.8 Å². The lowest BCUT2D eigenvalue weighted by molar-refractivity contribution is 0.119. The zero-order valence-electron chi connectivity index (χ0n) is 7.76. The fourth-order valence-corrected chi connectivity index (χ4v) is 1.55. The van der Waals surface area contributed by atoms with Crippen molar-refractivity contribution in [2.24, 2.45) is 0 Å². The van der Waals surface area contributed by atoms with Crippen molar-refractivity contribution in [1.29, 1.82) is 0 Å². The Kier molecular flexibility index (Phi) is 1.65. The Balaban J connectivity index is 1.88. The van der Waals surface area contributed by atoms with Crippen molar-refractivity contribution in [3.8, 4) is 5.75 Å². The van der Waals surface area contributed by atoms with Gasteiger partial charge in [0, 0.05) is 0 Å². The van der Waals surface area contributed by atoms with E-state index in [2.05, 4.69) is 10.1 Å². The van der Waals surface area contributed by atoms with E-state index in [0.717, 1.165) is 11.4 Å². The molecule has 72 valence electrons. The highest BCUT2D eigenvalue weighted by atomic mass is 16.5. The topological polar surface area (TPSA) is 39.4 Å². The predicted octanol–water partition coefficient (Wildman–Crippen LogP) is 1.66. The molecule has 4 nitrogen and oxygen atoms in total. The van der Waals surface area contributed by atoms with Gasteiger partial charge in [-0.3, -0.25) is 0 Å². The van der Waals surface area contributed by atoms with Gasteiger partial charge >= 0.3 is 0 Å². The Hall–Kier alpha value is -1.58. The Bertz CT molecular complexity index is 447. The monoisotopic (exact) mass is 189 g/mol. The third kappa shape index (κ3) is 1.23. The molecule has 2 heterocycles. The Morgan fingerprint density at radius 1 is 1.36 bits per heavy atom. The SMILES string of the molecule is c1nc2ccc(OC3CCC3)cn2n1. The number of fused-ring (bicyclic) bond motifs is 1. The molecule has 0 spiro atoms. The third-order valence-electron chi connectivity index (χ3n) is 2.60. The highest BCUT2D eigenvalue weighted by molar-refractivity contribution is 5.39. The van der Waals surface area contributed by atoms with Crippen molar-refractivity contribution in [1.82, 2.24) is 14.6 Å². The van der Waals surface area contributed by atoms with Crippen LogP contribution in [-0.4, -0.2) is 20.7 Å². The lowest BCUT2D eigenvalue weighted by atomic mass is 9.96. The molecule has 0 saturated heterocycles. The fraction of sp³-hybridized carbons (Fsp3) is 0.400. The molecule has 14 heavy (non-hydrogen) atoms. The average Bonchev–Trinajstić information content (AvgIpc) is 2.58. The van der Waals surface area contributed by atoms with E-state index in [9.17, 15) is 0 Å². The van der Waals surface area contributed by atoms with Gasteiger partial charge in [0.05, 0.1) is 12.3 Å². The van der Waals surface area contributed by atoms with Gasteiger partial charge in [0.15, 0.2) is 5.65 Å². The van der Waals surface area contributed by atoms with Crippen LogP contribution < -0.4 is 4.74 Å². The second kappa shape index (κ2) is 2.97. The summed E-state index contributed by atoms with van der Waals surface area (Å²) in [7, 11) is 0. The molecule has 1 aliphatic rings. The minimum Gasteiger partial charge on any atom is -0.489 e. The highest BCUT2D eigenvalue weighted by Crippen LogP contribution is 2.24. The van der Waals surface area contributed by atoms with Crippen LogP contribution in [-0.2, 0) is 0 Å². The van der Waals surface area contributed by atoms with Crippen molar-refractivity contribution in [2.45, 2.75) is 25.4 Å². The van der Waals surface area contributed by atoms with E-state index in [1.165, 1.54) is 19.3 Å². The van der Waals surface area contributed by atoms with E-state index >= 15 is 0 Å². The lowest BCUT2D eigenvalue weighted by Crippen LogP contribution is -2.24. The molecule has 4 heteroatoms. The normalized spacial score (nSPS) is 16.9. The highest BCUT2D eigenvalue weighted by Gasteiger charge is 2.19. The molecule has 0 N–H and O–H groups in total. The largest absolute Gasteiger partial charge is 0.489 e. The second-order valence-electron chi connectivity index (χ2n) is 3.60. The van der Waals surface area contributed by atoms with Gasteiger partial charge in [-0.25, -0.2) is 9.50 Å². The summed E-state index contributed by atoms with van der Waals surface area (Å²) in [5, 5.41) is 4.06. The second-order valence-corrected chi connectivity index (χ2v) is 3.60. The van der Waals surface area contributed by atoms with E-state index in [-0.39, 0.29) is 0 Å². The molecular weight excluding hydrogens is 178 g/mol. The molecule has 1 fully saturated rings. The summed E-state index contributed by atoms with van der Waals surface area (Å²) in [5.41, 5.74) is 0.853. The fourth-order valence-electron chi connectivity index (χ4n) is 1.55. The van der Waals surface area contributed by atoms with E-state index < -0.39 is 0 Å². The average molecular weight is 189 g/mol. The number of ether oxygens (including phenoxy) is 1. The van der Waals surface area contributed by atoms with Gasteiger partial charge in [0.1, 0.15) is 12.1 Å². The molecule has 0 atom stereocenters. The van der Waals surface area contributed by atoms with Gasteiger partial charge in [-0.15, -0.1) is 0 Å². The molecule has 0 amide bonds. The number of aromatic nitrogens is 3. The molecule has 2 aromatic rings. The van der Waals surface area contributed by atoms with Gasteiger partial charge in [-0.05, 0) is 31.4 Å². The number of rotatable bonds is 2. The van der Waals surface area contributed by atoms with Crippen LogP contribution in [0.1, 0.15) is 19.3 Å². The third-order valence-corrected chi connectivity index (χ3v) is 2.60. The van der Waals surface area contributed by atoms with Crippen LogP contribution in [0.5, 0.6) is 5.75 Å². The standard InChI is InChI=1S/C10H11N3O/c1-2-8(3-1)14-9-4-5-10-11-7-12-13(10)6-9/h4-8H,1-3H2.